The van der Waals surface area contributed by atoms with E-state index in [9.17, 15) is 9.50 Å². The van der Waals surface area contributed by atoms with Crippen molar-refractivity contribution in [3.05, 3.63) is 47.1 Å². The van der Waals surface area contributed by atoms with Crippen molar-refractivity contribution < 1.29 is 9.50 Å². The fourth-order valence-electron chi connectivity index (χ4n) is 7.36. The summed E-state index contributed by atoms with van der Waals surface area (Å²) in [5, 5.41) is 10.2. The molecule has 3 heteroatoms. The third-order valence-electron chi connectivity index (χ3n) is 8.98. The molecule has 5 rings (SSSR count). The molecule has 1 aromatic heterocycles. The zero-order valence-corrected chi connectivity index (χ0v) is 17.3. The van der Waals surface area contributed by atoms with E-state index in [1.54, 1.807) is 6.20 Å². The van der Waals surface area contributed by atoms with E-state index in [4.69, 9.17) is 0 Å². The van der Waals surface area contributed by atoms with Crippen LogP contribution in [0.25, 0.3) is 5.57 Å². The molecule has 2 saturated carbocycles. The summed E-state index contributed by atoms with van der Waals surface area (Å²) >= 11 is 0. The Morgan fingerprint density at radius 3 is 2.64 bits per heavy atom. The summed E-state index contributed by atoms with van der Waals surface area (Å²) in [5.74, 6) is 1.75. The van der Waals surface area contributed by atoms with Gasteiger partial charge in [0, 0.05) is 11.8 Å². The number of allylic oxidation sites excluding steroid dienone is 3. The Labute approximate surface area is 168 Å². The minimum Gasteiger partial charge on any atom is -0.393 e. The second kappa shape index (κ2) is 6.26. The smallest absolute Gasteiger partial charge is 0.215 e. The zero-order valence-electron chi connectivity index (χ0n) is 17.3. The first-order valence-corrected chi connectivity index (χ1v) is 11.0. The van der Waals surface area contributed by atoms with Crippen LogP contribution in [0.1, 0.15) is 69.9 Å². The fraction of sp³-hybridized carbons (Fsp3) is 0.640. The number of aryl methyl sites for hydroxylation is 1. The van der Waals surface area contributed by atoms with Crippen LogP contribution in [0.3, 0.4) is 0 Å². The monoisotopic (exact) mass is 381 g/mol. The third-order valence-corrected chi connectivity index (χ3v) is 8.98. The first-order chi connectivity index (χ1) is 13.3. The first kappa shape index (κ1) is 18.5. The highest BCUT2D eigenvalue weighted by atomic mass is 19.1. The molecule has 1 heterocycles. The molecular formula is C25H32FNO. The zero-order chi connectivity index (χ0) is 19.7. The van der Waals surface area contributed by atoms with Crippen LogP contribution in [0.4, 0.5) is 4.39 Å². The second-order valence-corrected chi connectivity index (χ2v) is 10.3. The van der Waals surface area contributed by atoms with Crippen molar-refractivity contribution in [2.24, 2.45) is 28.6 Å². The predicted molar refractivity (Wildman–Crippen MR) is 110 cm³/mol. The molecular weight excluding hydrogens is 349 g/mol. The summed E-state index contributed by atoms with van der Waals surface area (Å²) in [5.41, 5.74) is 5.12. The molecule has 2 nitrogen and oxygen atoms in total. The lowest BCUT2D eigenvalue weighted by atomic mass is 9.47. The summed E-state index contributed by atoms with van der Waals surface area (Å²) < 4.78 is 13.7. The molecule has 0 bridgehead atoms. The largest absolute Gasteiger partial charge is 0.393 e. The lowest BCUT2D eigenvalue weighted by molar-refractivity contribution is -0.0238. The van der Waals surface area contributed by atoms with Gasteiger partial charge in [0.2, 0.25) is 5.95 Å². The fourth-order valence-corrected chi connectivity index (χ4v) is 7.36. The van der Waals surface area contributed by atoms with Gasteiger partial charge in [-0.05, 0) is 97.7 Å². The number of hydrogen-bond acceptors (Lipinski definition) is 2. The molecule has 1 N–H and O–H groups in total. The Bertz CT molecular complexity index is 873. The van der Waals surface area contributed by atoms with Gasteiger partial charge in [-0.15, -0.1) is 0 Å². The maximum atomic E-state index is 13.7. The van der Waals surface area contributed by atoms with Crippen LogP contribution in [-0.2, 0) is 0 Å². The van der Waals surface area contributed by atoms with Gasteiger partial charge in [-0.3, -0.25) is 0 Å². The van der Waals surface area contributed by atoms with Gasteiger partial charge in [0.05, 0.1) is 6.10 Å². The van der Waals surface area contributed by atoms with Gasteiger partial charge < -0.3 is 5.11 Å². The maximum Gasteiger partial charge on any atom is 0.215 e. The van der Waals surface area contributed by atoms with Crippen molar-refractivity contribution >= 4 is 5.57 Å². The molecule has 0 spiro atoms. The molecule has 28 heavy (non-hydrogen) atoms. The normalized spacial score (nSPS) is 42.2. The number of aliphatic hydroxyl groups is 1. The van der Waals surface area contributed by atoms with Gasteiger partial charge in [0.1, 0.15) is 0 Å². The third kappa shape index (κ3) is 2.51. The Kier molecular flexibility index (Phi) is 4.14. The molecule has 4 aliphatic rings. The highest BCUT2D eigenvalue weighted by molar-refractivity contribution is 5.72. The standard InChI is InChI=1S/C25H32FNO/c1-15-12-16(14-27-23(15)26)20-6-7-21-19-5-4-17-13-18(28)8-10-24(17,2)22(19)9-11-25(20,21)3/h4,6,12,14,18-19,21-22,28H,5,7-11,13H2,1-3H3/t18-,19?,21?,22?,24-,25+/m0/s1. The minimum absolute atomic E-state index is 0.140. The molecule has 4 aliphatic carbocycles. The second-order valence-electron chi connectivity index (χ2n) is 10.3. The summed E-state index contributed by atoms with van der Waals surface area (Å²) in [6.07, 6.45) is 14.2. The lowest BCUT2D eigenvalue weighted by Crippen LogP contribution is -2.49. The van der Waals surface area contributed by atoms with Crippen LogP contribution in [-0.4, -0.2) is 16.2 Å². The average molecular weight is 382 g/mol. The molecule has 0 radical (unpaired) electrons. The molecule has 0 aromatic carbocycles. The molecule has 0 aliphatic heterocycles. The van der Waals surface area contributed by atoms with Gasteiger partial charge in [-0.1, -0.05) is 31.6 Å². The van der Waals surface area contributed by atoms with Crippen molar-refractivity contribution in [3.8, 4) is 0 Å². The van der Waals surface area contributed by atoms with Gasteiger partial charge in [0.25, 0.3) is 0 Å². The lowest BCUT2D eigenvalue weighted by Gasteiger charge is -2.57. The Morgan fingerprint density at radius 2 is 1.86 bits per heavy atom. The molecule has 0 amide bonds. The van der Waals surface area contributed by atoms with Crippen LogP contribution in [0.2, 0.25) is 0 Å². The topological polar surface area (TPSA) is 33.1 Å². The predicted octanol–water partition coefficient (Wildman–Crippen LogP) is 5.85. The number of aliphatic hydroxyl groups excluding tert-OH is 1. The van der Waals surface area contributed by atoms with E-state index < -0.39 is 0 Å². The highest BCUT2D eigenvalue weighted by Gasteiger charge is 2.56. The number of halogens is 1. The van der Waals surface area contributed by atoms with Crippen molar-refractivity contribution in [3.63, 3.8) is 0 Å². The van der Waals surface area contributed by atoms with E-state index in [-0.39, 0.29) is 22.9 Å². The molecule has 2 fully saturated rings. The number of nitrogens with zero attached hydrogens (tertiary/aromatic N) is 1. The highest BCUT2D eigenvalue weighted by Crippen LogP contribution is 2.66. The quantitative estimate of drug-likeness (QED) is 0.489. The SMILES string of the molecule is Cc1cc(C2=CCC3C4CC=C5C[C@@H](O)CC[C@]5(C)C4CC[C@]23C)cnc1F. The Balaban J connectivity index is 1.47. The van der Waals surface area contributed by atoms with Crippen LogP contribution in [0.5, 0.6) is 0 Å². The summed E-state index contributed by atoms with van der Waals surface area (Å²) in [6.45, 7) is 6.72. The maximum absolute atomic E-state index is 13.7. The first-order valence-electron chi connectivity index (χ1n) is 11.0. The molecule has 1 aromatic rings. The van der Waals surface area contributed by atoms with Crippen LogP contribution in [0, 0.1) is 41.5 Å². The molecule has 150 valence electrons. The number of rotatable bonds is 1. The number of pyridine rings is 1. The van der Waals surface area contributed by atoms with E-state index >= 15 is 0 Å². The average Bonchev–Trinajstić information content (AvgIpc) is 3.02. The Morgan fingerprint density at radius 1 is 1.07 bits per heavy atom. The van der Waals surface area contributed by atoms with Gasteiger partial charge in [-0.2, -0.15) is 4.39 Å². The van der Waals surface area contributed by atoms with E-state index in [1.807, 2.05) is 13.0 Å². The summed E-state index contributed by atoms with van der Waals surface area (Å²) in [7, 11) is 0. The minimum atomic E-state index is -0.356. The number of hydrogen-bond donors (Lipinski definition) is 1. The molecule has 0 saturated heterocycles. The molecule has 6 atom stereocenters. The molecule has 3 unspecified atom stereocenters. The van der Waals surface area contributed by atoms with Crippen LogP contribution in [0.15, 0.2) is 30.0 Å². The number of fused-ring (bicyclic) bond motifs is 5. The number of aromatic nitrogens is 1. The van der Waals surface area contributed by atoms with Gasteiger partial charge in [0.15, 0.2) is 0 Å². The van der Waals surface area contributed by atoms with Crippen molar-refractivity contribution in [1.29, 1.82) is 0 Å². The van der Waals surface area contributed by atoms with Gasteiger partial charge >= 0.3 is 0 Å². The van der Waals surface area contributed by atoms with Gasteiger partial charge in [-0.25, -0.2) is 4.98 Å². The summed E-state index contributed by atoms with van der Waals surface area (Å²) in [4.78, 5) is 4.00. The van der Waals surface area contributed by atoms with E-state index in [1.165, 1.54) is 24.0 Å². The van der Waals surface area contributed by atoms with E-state index in [2.05, 4.69) is 31.0 Å². The van der Waals surface area contributed by atoms with Crippen molar-refractivity contribution in [2.75, 3.05) is 0 Å². The Hall–Kier alpha value is -1.48. The van der Waals surface area contributed by atoms with Crippen molar-refractivity contribution in [2.45, 2.75) is 71.8 Å². The van der Waals surface area contributed by atoms with Crippen molar-refractivity contribution in [1.82, 2.24) is 4.98 Å². The van der Waals surface area contributed by atoms with Crippen LogP contribution < -0.4 is 0 Å². The van der Waals surface area contributed by atoms with E-state index in [0.717, 1.165) is 43.6 Å². The summed E-state index contributed by atoms with van der Waals surface area (Å²) in [6, 6.07) is 1.98. The van der Waals surface area contributed by atoms with Crippen LogP contribution >= 0.6 is 0 Å². The van der Waals surface area contributed by atoms with E-state index in [0.29, 0.717) is 17.4 Å².